The number of benzene rings is 1. The molecule has 1 aromatic heterocycles. The molecule has 6 nitrogen and oxygen atoms in total. The van der Waals surface area contributed by atoms with E-state index in [0.29, 0.717) is 12.4 Å². The second-order valence-corrected chi connectivity index (χ2v) is 3.90. The zero-order valence-electron chi connectivity index (χ0n) is 10.7. The third kappa shape index (κ3) is 3.41. The first kappa shape index (κ1) is 13.7. The summed E-state index contributed by atoms with van der Waals surface area (Å²) in [5.41, 5.74) is -0.151. The third-order valence-electron chi connectivity index (χ3n) is 2.37. The number of hydrogen-bond donors (Lipinski definition) is 1. The normalized spacial score (nSPS) is 10.1. The van der Waals surface area contributed by atoms with Crippen LogP contribution in [0.4, 0.5) is 15.9 Å². The predicted octanol–water partition coefficient (Wildman–Crippen LogP) is 3.35. The van der Waals surface area contributed by atoms with E-state index >= 15 is 0 Å². The van der Waals surface area contributed by atoms with E-state index in [9.17, 15) is 14.5 Å². The lowest BCUT2D eigenvalue weighted by atomic mass is 10.3. The SMILES string of the molecule is CCNc1cc([N+](=O)[O-])cc(Oc2cccc(F)c2)n1. The van der Waals surface area contributed by atoms with Crippen molar-refractivity contribution in [2.45, 2.75) is 6.92 Å². The fraction of sp³-hybridized carbons (Fsp3) is 0.154. The van der Waals surface area contributed by atoms with E-state index in [1.54, 1.807) is 0 Å². The van der Waals surface area contributed by atoms with Crippen LogP contribution in [0.5, 0.6) is 11.6 Å². The van der Waals surface area contributed by atoms with Crippen LogP contribution in [0.1, 0.15) is 6.92 Å². The first-order valence-electron chi connectivity index (χ1n) is 5.92. The van der Waals surface area contributed by atoms with Crippen molar-refractivity contribution in [2.75, 3.05) is 11.9 Å². The molecule has 0 unspecified atom stereocenters. The fourth-order valence-corrected chi connectivity index (χ4v) is 1.57. The highest BCUT2D eigenvalue weighted by Crippen LogP contribution is 2.26. The molecule has 104 valence electrons. The molecule has 1 heterocycles. The van der Waals surface area contributed by atoms with Gasteiger partial charge in [-0.3, -0.25) is 10.1 Å². The third-order valence-corrected chi connectivity index (χ3v) is 2.37. The van der Waals surface area contributed by atoms with E-state index in [1.807, 2.05) is 6.92 Å². The van der Waals surface area contributed by atoms with E-state index in [-0.39, 0.29) is 17.3 Å². The van der Waals surface area contributed by atoms with Gasteiger partial charge in [-0.15, -0.1) is 0 Å². The van der Waals surface area contributed by atoms with E-state index in [0.717, 1.165) is 0 Å². The molecule has 0 aliphatic carbocycles. The average Bonchev–Trinajstić information content (AvgIpc) is 2.38. The Kier molecular flexibility index (Phi) is 4.09. The van der Waals surface area contributed by atoms with Gasteiger partial charge in [0.25, 0.3) is 5.69 Å². The van der Waals surface area contributed by atoms with Gasteiger partial charge in [-0.1, -0.05) is 6.07 Å². The summed E-state index contributed by atoms with van der Waals surface area (Å²) in [6, 6.07) is 7.96. The molecule has 0 saturated carbocycles. The molecule has 0 amide bonds. The molecular formula is C13H12FN3O3. The van der Waals surface area contributed by atoms with Gasteiger partial charge >= 0.3 is 0 Å². The molecule has 7 heteroatoms. The summed E-state index contributed by atoms with van der Waals surface area (Å²) in [6.45, 7) is 2.40. The number of halogens is 1. The molecule has 0 radical (unpaired) electrons. The topological polar surface area (TPSA) is 77.3 Å². The monoisotopic (exact) mass is 277 g/mol. The fourth-order valence-electron chi connectivity index (χ4n) is 1.57. The summed E-state index contributed by atoms with van der Waals surface area (Å²) in [5, 5.41) is 13.7. The van der Waals surface area contributed by atoms with Gasteiger partial charge in [-0.25, -0.2) is 4.39 Å². The number of pyridine rings is 1. The first-order chi connectivity index (χ1) is 9.58. The summed E-state index contributed by atoms with van der Waals surface area (Å²) in [5.74, 6) is 0.120. The van der Waals surface area contributed by atoms with Crippen molar-refractivity contribution in [2.24, 2.45) is 0 Å². The molecule has 20 heavy (non-hydrogen) atoms. The van der Waals surface area contributed by atoms with Crippen LogP contribution in [0.2, 0.25) is 0 Å². The number of nitrogens with one attached hydrogen (secondary N) is 1. The molecule has 0 spiro atoms. The zero-order valence-corrected chi connectivity index (χ0v) is 10.7. The van der Waals surface area contributed by atoms with Gasteiger partial charge in [0, 0.05) is 12.6 Å². The molecule has 0 aliphatic rings. The molecule has 2 aromatic rings. The number of nitro groups is 1. The molecule has 0 saturated heterocycles. The van der Waals surface area contributed by atoms with Crippen molar-refractivity contribution in [1.82, 2.24) is 4.98 Å². The van der Waals surface area contributed by atoms with E-state index < -0.39 is 10.7 Å². The van der Waals surface area contributed by atoms with E-state index in [4.69, 9.17) is 4.74 Å². The Balaban J connectivity index is 2.32. The van der Waals surface area contributed by atoms with Crippen molar-refractivity contribution < 1.29 is 14.1 Å². The molecular weight excluding hydrogens is 265 g/mol. The molecule has 0 aliphatic heterocycles. The molecule has 0 atom stereocenters. The van der Waals surface area contributed by atoms with Crippen LogP contribution >= 0.6 is 0 Å². The lowest BCUT2D eigenvalue weighted by molar-refractivity contribution is -0.384. The summed E-state index contributed by atoms with van der Waals surface area (Å²) < 4.78 is 18.4. The maximum absolute atomic E-state index is 13.1. The number of aromatic nitrogens is 1. The smallest absolute Gasteiger partial charge is 0.278 e. The highest BCUT2D eigenvalue weighted by Gasteiger charge is 2.12. The Morgan fingerprint density at radius 3 is 2.85 bits per heavy atom. The zero-order chi connectivity index (χ0) is 14.5. The Morgan fingerprint density at radius 1 is 1.40 bits per heavy atom. The van der Waals surface area contributed by atoms with Gasteiger partial charge in [-0.2, -0.15) is 4.98 Å². The van der Waals surface area contributed by atoms with Gasteiger partial charge in [-0.05, 0) is 19.1 Å². The number of ether oxygens (including phenoxy) is 1. The molecule has 1 N–H and O–H groups in total. The van der Waals surface area contributed by atoms with Gasteiger partial charge in [0.1, 0.15) is 17.4 Å². The number of anilines is 1. The summed E-state index contributed by atoms with van der Waals surface area (Å²) in [7, 11) is 0. The number of hydrogen-bond acceptors (Lipinski definition) is 5. The van der Waals surface area contributed by atoms with E-state index in [1.165, 1.54) is 36.4 Å². The summed E-state index contributed by atoms with van der Waals surface area (Å²) >= 11 is 0. The first-order valence-corrected chi connectivity index (χ1v) is 5.92. The largest absolute Gasteiger partial charge is 0.439 e. The van der Waals surface area contributed by atoms with E-state index in [2.05, 4.69) is 10.3 Å². The Morgan fingerprint density at radius 2 is 2.20 bits per heavy atom. The highest BCUT2D eigenvalue weighted by molar-refractivity contribution is 5.49. The predicted molar refractivity (Wildman–Crippen MR) is 71.5 cm³/mol. The average molecular weight is 277 g/mol. The summed E-state index contributed by atoms with van der Waals surface area (Å²) in [4.78, 5) is 14.4. The van der Waals surface area contributed by atoms with Crippen LogP contribution in [0.3, 0.4) is 0 Å². The van der Waals surface area contributed by atoms with Crippen LogP contribution in [0, 0.1) is 15.9 Å². The van der Waals surface area contributed by atoms with Crippen LogP contribution in [0.25, 0.3) is 0 Å². The molecule has 0 fully saturated rings. The van der Waals surface area contributed by atoms with Gasteiger partial charge < -0.3 is 10.1 Å². The van der Waals surface area contributed by atoms with Crippen molar-refractivity contribution >= 4 is 11.5 Å². The highest BCUT2D eigenvalue weighted by atomic mass is 19.1. The summed E-state index contributed by atoms with van der Waals surface area (Å²) in [6.07, 6.45) is 0. The maximum atomic E-state index is 13.1. The van der Waals surface area contributed by atoms with Crippen LogP contribution < -0.4 is 10.1 Å². The lowest BCUT2D eigenvalue weighted by Gasteiger charge is -2.07. The minimum Gasteiger partial charge on any atom is -0.439 e. The van der Waals surface area contributed by atoms with Crippen molar-refractivity contribution in [3.63, 3.8) is 0 Å². The Hall–Kier alpha value is -2.70. The van der Waals surface area contributed by atoms with Crippen LogP contribution in [-0.2, 0) is 0 Å². The van der Waals surface area contributed by atoms with Gasteiger partial charge in [0.15, 0.2) is 0 Å². The van der Waals surface area contributed by atoms with Gasteiger partial charge in [0.05, 0.1) is 17.1 Å². The van der Waals surface area contributed by atoms with Crippen molar-refractivity contribution in [3.05, 3.63) is 52.3 Å². The second kappa shape index (κ2) is 5.96. The maximum Gasteiger partial charge on any atom is 0.278 e. The standard InChI is InChI=1S/C13H12FN3O3/c1-2-15-12-7-10(17(18)19)8-13(16-12)20-11-5-3-4-9(14)6-11/h3-8H,2H2,1H3,(H,15,16). The Labute approximate surface area is 114 Å². The van der Waals surface area contributed by atoms with Crippen LogP contribution in [-0.4, -0.2) is 16.5 Å². The number of rotatable bonds is 5. The lowest BCUT2D eigenvalue weighted by Crippen LogP contribution is -2.02. The van der Waals surface area contributed by atoms with Crippen LogP contribution in [0.15, 0.2) is 36.4 Å². The molecule has 1 aromatic carbocycles. The molecule has 2 rings (SSSR count). The minimum atomic E-state index is -0.541. The quantitative estimate of drug-likeness (QED) is 0.669. The molecule has 0 bridgehead atoms. The Bertz CT molecular complexity index is 634. The second-order valence-electron chi connectivity index (χ2n) is 3.90. The minimum absolute atomic E-state index is 0.0285. The van der Waals surface area contributed by atoms with Crippen molar-refractivity contribution in [3.8, 4) is 11.6 Å². The number of nitrogens with zero attached hydrogens (tertiary/aromatic N) is 2. The van der Waals surface area contributed by atoms with Gasteiger partial charge in [0.2, 0.25) is 5.88 Å². The van der Waals surface area contributed by atoms with Crippen molar-refractivity contribution in [1.29, 1.82) is 0 Å².